The van der Waals surface area contributed by atoms with E-state index < -0.39 is 45.6 Å². The van der Waals surface area contributed by atoms with Crippen LogP contribution in [0.15, 0.2) is 59.1 Å². The van der Waals surface area contributed by atoms with Gasteiger partial charge in [0.05, 0.1) is 21.8 Å². The minimum Gasteiger partial charge on any atom is -0.458 e. The summed E-state index contributed by atoms with van der Waals surface area (Å²) >= 11 is 3.48. The number of hydrogen-bond donors (Lipinski definition) is 1. The van der Waals surface area contributed by atoms with E-state index in [2.05, 4.69) is 20.7 Å². The molecule has 0 saturated carbocycles. The van der Waals surface area contributed by atoms with E-state index in [0.29, 0.717) is 10.0 Å². The minimum absolute atomic E-state index is 0.0150. The average Bonchev–Trinajstić information content (AvgIpc) is 2.73. The molecule has 0 saturated heterocycles. The lowest BCUT2D eigenvalue weighted by atomic mass is 10.0. The maximum Gasteiger partial charge on any atom is 0.509 e. The SMILES string of the molecule is CC(C)(C)OC(=O)O[C@@H](C(=O)OCc1ccccc1)[C@@H](N[S@](=O)C(C)(C)C)c1ccccc1Br. The Bertz CT molecular complexity index is 1000. The molecule has 0 aliphatic carbocycles. The highest BCUT2D eigenvalue weighted by Crippen LogP contribution is 2.30. The third-order valence-electron chi connectivity index (χ3n) is 4.40. The molecule has 0 aliphatic rings. The first-order chi connectivity index (χ1) is 15.8. The largest absolute Gasteiger partial charge is 0.509 e. The third kappa shape index (κ3) is 8.85. The van der Waals surface area contributed by atoms with E-state index in [-0.39, 0.29) is 6.61 Å². The number of halogens is 1. The van der Waals surface area contributed by atoms with Gasteiger partial charge in [0, 0.05) is 4.47 Å². The second-order valence-electron chi connectivity index (χ2n) is 9.59. The van der Waals surface area contributed by atoms with Crippen molar-refractivity contribution in [1.29, 1.82) is 0 Å². The van der Waals surface area contributed by atoms with E-state index in [9.17, 15) is 13.8 Å². The van der Waals surface area contributed by atoms with E-state index in [1.54, 1.807) is 59.7 Å². The van der Waals surface area contributed by atoms with Crippen molar-refractivity contribution < 1.29 is 28.0 Å². The van der Waals surface area contributed by atoms with Gasteiger partial charge < -0.3 is 14.2 Å². The summed E-state index contributed by atoms with van der Waals surface area (Å²) in [5.41, 5.74) is 0.515. The average molecular weight is 555 g/mol. The van der Waals surface area contributed by atoms with Gasteiger partial charge in [-0.25, -0.2) is 18.5 Å². The fraction of sp³-hybridized carbons (Fsp3) is 0.440. The number of rotatable bonds is 8. The third-order valence-corrected chi connectivity index (χ3v) is 6.70. The van der Waals surface area contributed by atoms with Crippen LogP contribution >= 0.6 is 15.9 Å². The standard InChI is InChI=1S/C25H32BrNO6S/c1-24(2,3)33-23(29)32-21(22(28)31-16-17-12-8-7-9-13-17)20(27-34(30)25(4,5)6)18-14-10-11-15-19(18)26/h7-15,20-21,27H,16H2,1-6H3/t20-,21+,34+/m0/s1. The van der Waals surface area contributed by atoms with E-state index >= 15 is 0 Å². The first-order valence-corrected chi connectivity index (χ1v) is 12.7. The molecule has 0 amide bonds. The quantitative estimate of drug-likeness (QED) is 0.427. The van der Waals surface area contributed by atoms with Gasteiger partial charge in [-0.05, 0) is 58.7 Å². The van der Waals surface area contributed by atoms with Crippen molar-refractivity contribution in [2.24, 2.45) is 0 Å². The molecule has 0 aliphatic heterocycles. The molecule has 9 heteroatoms. The second-order valence-corrected chi connectivity index (χ2v) is 12.4. The summed E-state index contributed by atoms with van der Waals surface area (Å²) < 4.78 is 32.3. The smallest absolute Gasteiger partial charge is 0.458 e. The number of nitrogens with one attached hydrogen (secondary N) is 1. The molecular formula is C25H32BrNO6S. The van der Waals surface area contributed by atoms with Gasteiger partial charge in [0.25, 0.3) is 0 Å². The highest BCUT2D eigenvalue weighted by Gasteiger charge is 2.39. The minimum atomic E-state index is -1.60. The first-order valence-electron chi connectivity index (χ1n) is 10.8. The maximum absolute atomic E-state index is 13.3. The molecule has 2 rings (SSSR count). The fourth-order valence-electron chi connectivity index (χ4n) is 2.75. The van der Waals surface area contributed by atoms with Gasteiger partial charge in [-0.2, -0.15) is 0 Å². The van der Waals surface area contributed by atoms with Gasteiger partial charge in [-0.1, -0.05) is 64.5 Å². The van der Waals surface area contributed by atoms with Gasteiger partial charge in [0.1, 0.15) is 12.2 Å². The molecule has 7 nitrogen and oxygen atoms in total. The first kappa shape index (κ1) is 28.0. The lowest BCUT2D eigenvalue weighted by Gasteiger charge is -2.30. The fourth-order valence-corrected chi connectivity index (χ4v) is 4.11. The number of carbonyl (C=O) groups excluding carboxylic acids is 2. The molecule has 2 aromatic carbocycles. The van der Waals surface area contributed by atoms with Crippen LogP contribution in [0.4, 0.5) is 4.79 Å². The van der Waals surface area contributed by atoms with E-state index in [4.69, 9.17) is 14.2 Å². The molecular weight excluding hydrogens is 522 g/mol. The summed E-state index contributed by atoms with van der Waals surface area (Å²) in [5.74, 6) is -0.797. The Morgan fingerprint density at radius 2 is 1.56 bits per heavy atom. The lowest BCUT2D eigenvalue weighted by Crippen LogP contribution is -2.46. The van der Waals surface area contributed by atoms with Gasteiger partial charge in [-0.3, -0.25) is 0 Å². The van der Waals surface area contributed by atoms with Crippen molar-refractivity contribution in [3.05, 3.63) is 70.2 Å². The van der Waals surface area contributed by atoms with Gasteiger partial charge in [0.2, 0.25) is 6.10 Å². The van der Waals surface area contributed by atoms with E-state index in [1.165, 1.54) is 0 Å². The molecule has 186 valence electrons. The molecule has 2 aromatic rings. The van der Waals surface area contributed by atoms with Crippen molar-refractivity contribution in [3.8, 4) is 0 Å². The van der Waals surface area contributed by atoms with Gasteiger partial charge >= 0.3 is 12.1 Å². The second kappa shape index (κ2) is 12.0. The molecule has 0 unspecified atom stereocenters. The van der Waals surface area contributed by atoms with Crippen LogP contribution in [0.5, 0.6) is 0 Å². The predicted octanol–water partition coefficient (Wildman–Crippen LogP) is 5.61. The van der Waals surface area contributed by atoms with Crippen molar-refractivity contribution >= 4 is 39.0 Å². The predicted molar refractivity (Wildman–Crippen MR) is 135 cm³/mol. The molecule has 1 N–H and O–H groups in total. The van der Waals surface area contributed by atoms with Crippen LogP contribution in [-0.4, -0.2) is 32.8 Å². The Labute approximate surface area is 212 Å². The summed E-state index contributed by atoms with van der Waals surface area (Å²) in [6, 6.07) is 15.3. The highest BCUT2D eigenvalue weighted by atomic mass is 79.9. The lowest BCUT2D eigenvalue weighted by molar-refractivity contribution is -0.159. The van der Waals surface area contributed by atoms with Crippen LogP contribution in [0.3, 0.4) is 0 Å². The van der Waals surface area contributed by atoms with Crippen molar-refractivity contribution in [1.82, 2.24) is 4.72 Å². The molecule has 34 heavy (non-hydrogen) atoms. The summed E-state index contributed by atoms with van der Waals surface area (Å²) in [6.45, 7) is 10.4. The number of carbonyl (C=O) groups is 2. The zero-order valence-corrected chi connectivity index (χ0v) is 22.7. The summed E-state index contributed by atoms with van der Waals surface area (Å²) in [4.78, 5) is 25.8. The van der Waals surface area contributed by atoms with Crippen LogP contribution in [0.25, 0.3) is 0 Å². The Kier molecular flexibility index (Phi) is 9.84. The van der Waals surface area contributed by atoms with Gasteiger partial charge in [0.15, 0.2) is 0 Å². The van der Waals surface area contributed by atoms with Crippen LogP contribution in [0.1, 0.15) is 58.7 Å². The van der Waals surface area contributed by atoms with Crippen LogP contribution in [0.2, 0.25) is 0 Å². The summed E-state index contributed by atoms with van der Waals surface area (Å²) in [6.07, 6.45) is -2.50. The molecule has 0 spiro atoms. The van der Waals surface area contributed by atoms with Crippen LogP contribution in [0, 0.1) is 0 Å². The summed E-state index contributed by atoms with van der Waals surface area (Å²) in [7, 11) is -1.60. The summed E-state index contributed by atoms with van der Waals surface area (Å²) in [5, 5.41) is 0. The monoisotopic (exact) mass is 553 g/mol. The Morgan fingerprint density at radius 3 is 2.12 bits per heavy atom. The van der Waals surface area contributed by atoms with Crippen molar-refractivity contribution in [2.45, 2.75) is 70.6 Å². The number of ether oxygens (including phenoxy) is 3. The number of esters is 1. The molecule has 0 radical (unpaired) electrons. The topological polar surface area (TPSA) is 90.9 Å². The maximum atomic E-state index is 13.3. The molecule has 3 atom stereocenters. The van der Waals surface area contributed by atoms with Crippen molar-refractivity contribution in [2.75, 3.05) is 0 Å². The van der Waals surface area contributed by atoms with E-state index in [0.717, 1.165) is 5.56 Å². The van der Waals surface area contributed by atoms with Crippen LogP contribution in [-0.2, 0) is 36.6 Å². The Balaban J connectivity index is 2.43. The zero-order valence-electron chi connectivity index (χ0n) is 20.3. The normalized spacial score (nSPS) is 14.6. The number of hydrogen-bond acceptors (Lipinski definition) is 6. The highest BCUT2D eigenvalue weighted by molar-refractivity contribution is 9.10. The molecule has 0 heterocycles. The van der Waals surface area contributed by atoms with Gasteiger partial charge in [-0.15, -0.1) is 0 Å². The molecule has 0 fully saturated rings. The van der Waals surface area contributed by atoms with E-state index in [1.807, 2.05) is 36.4 Å². The molecule has 0 bridgehead atoms. The van der Waals surface area contributed by atoms with Crippen molar-refractivity contribution in [3.63, 3.8) is 0 Å². The molecule has 0 aromatic heterocycles. The Morgan fingerprint density at radius 1 is 0.971 bits per heavy atom. The number of benzene rings is 2. The Hall–Kier alpha value is -2.23. The zero-order chi connectivity index (χ0) is 25.5. The van der Waals surface area contributed by atoms with Crippen LogP contribution < -0.4 is 4.72 Å².